The molecule has 1 amide bonds. The fraction of sp³-hybridized carbons (Fsp3) is 0.125. The summed E-state index contributed by atoms with van der Waals surface area (Å²) in [6.07, 6.45) is 1.30. The van der Waals surface area contributed by atoms with Crippen molar-refractivity contribution in [1.29, 1.82) is 0 Å². The summed E-state index contributed by atoms with van der Waals surface area (Å²) in [6.45, 7) is 1.93. The maximum Gasteiger partial charge on any atom is 0.263 e. The highest BCUT2D eigenvalue weighted by molar-refractivity contribution is 6.07. The maximum atomic E-state index is 14.8. The number of amides is 1. The maximum absolute atomic E-state index is 14.8. The number of fused-ring (bicyclic) bond motifs is 1. The van der Waals surface area contributed by atoms with Gasteiger partial charge in [0.1, 0.15) is 29.6 Å². The largest absolute Gasteiger partial charge is 0.494 e. The summed E-state index contributed by atoms with van der Waals surface area (Å²) in [5.74, 6) is -2.67. The molecule has 5 aromatic rings. The van der Waals surface area contributed by atoms with Crippen molar-refractivity contribution in [1.82, 2.24) is 4.57 Å². The Balaban J connectivity index is 1.66. The lowest BCUT2D eigenvalue weighted by Gasteiger charge is -2.22. The van der Waals surface area contributed by atoms with Gasteiger partial charge in [-0.3, -0.25) is 9.59 Å². The molecule has 0 radical (unpaired) electrons. The normalized spacial score (nSPS) is 11.0. The van der Waals surface area contributed by atoms with Crippen LogP contribution in [0.5, 0.6) is 11.5 Å². The number of hydrogen-bond donors (Lipinski definition) is 0. The Bertz CT molecular complexity index is 1790. The van der Waals surface area contributed by atoms with Gasteiger partial charge in [-0.2, -0.15) is 0 Å². The van der Waals surface area contributed by atoms with Gasteiger partial charge in [0.2, 0.25) is 5.43 Å². The molecule has 41 heavy (non-hydrogen) atoms. The van der Waals surface area contributed by atoms with Gasteiger partial charge in [0.25, 0.3) is 5.91 Å². The van der Waals surface area contributed by atoms with Crippen molar-refractivity contribution in [3.8, 4) is 17.2 Å². The topological polar surface area (TPSA) is 60.8 Å². The Morgan fingerprint density at radius 3 is 2.29 bits per heavy atom. The van der Waals surface area contributed by atoms with E-state index < -0.39 is 28.8 Å². The van der Waals surface area contributed by atoms with Crippen LogP contribution in [-0.2, 0) is 6.61 Å². The Morgan fingerprint density at radius 2 is 1.63 bits per heavy atom. The molecule has 0 aliphatic heterocycles. The summed E-state index contributed by atoms with van der Waals surface area (Å²) < 4.78 is 55.2. The van der Waals surface area contributed by atoms with Crippen molar-refractivity contribution in [3.05, 3.63) is 130 Å². The molecular formula is C32H25F3N2O4. The van der Waals surface area contributed by atoms with Crippen LogP contribution in [-0.4, -0.2) is 24.1 Å². The third kappa shape index (κ3) is 5.65. The molecule has 208 valence electrons. The van der Waals surface area contributed by atoms with E-state index >= 15 is 0 Å². The molecule has 1 heterocycles. The number of carbonyl (C=O) groups excluding carboxylic acids is 1. The number of ether oxygens (including phenoxy) is 2. The third-order valence-electron chi connectivity index (χ3n) is 6.59. The molecule has 6 nitrogen and oxygen atoms in total. The average molecular weight is 559 g/mol. The summed E-state index contributed by atoms with van der Waals surface area (Å²) >= 11 is 0. The molecule has 0 bridgehead atoms. The molecule has 0 spiro atoms. The minimum Gasteiger partial charge on any atom is -0.494 e. The quantitative estimate of drug-likeness (QED) is 0.214. The number of carbonyl (C=O) groups is 1. The standard InChI is InChI=1S/C32H25F3N2O4/c1-3-36(24-14-21(33)13-22(34)15-24)32(39)27-18-37(23-9-12-30(40-2)28(35)16-23)29-17-25(10-11-26(29)31(27)38)41-19-20-7-5-4-6-8-20/h4-18H,3,19H2,1-2H3. The van der Waals surface area contributed by atoms with Crippen molar-refractivity contribution >= 4 is 22.5 Å². The smallest absolute Gasteiger partial charge is 0.263 e. The third-order valence-corrected chi connectivity index (χ3v) is 6.59. The van der Waals surface area contributed by atoms with E-state index in [1.807, 2.05) is 30.3 Å². The molecule has 0 atom stereocenters. The summed E-state index contributed by atoms with van der Waals surface area (Å²) in [7, 11) is 1.34. The number of rotatable bonds is 8. The van der Waals surface area contributed by atoms with E-state index in [0.29, 0.717) is 23.0 Å². The number of halogens is 3. The lowest BCUT2D eigenvalue weighted by atomic mass is 10.1. The first-order valence-electron chi connectivity index (χ1n) is 12.8. The van der Waals surface area contributed by atoms with Crippen molar-refractivity contribution in [2.45, 2.75) is 13.5 Å². The monoisotopic (exact) mass is 558 g/mol. The van der Waals surface area contributed by atoms with Gasteiger partial charge >= 0.3 is 0 Å². The van der Waals surface area contributed by atoms with E-state index in [-0.39, 0.29) is 35.5 Å². The second kappa shape index (κ2) is 11.6. The first kappa shape index (κ1) is 27.5. The van der Waals surface area contributed by atoms with Crippen molar-refractivity contribution in [2.24, 2.45) is 0 Å². The molecule has 0 aliphatic carbocycles. The van der Waals surface area contributed by atoms with Gasteiger partial charge in [0.15, 0.2) is 11.6 Å². The number of nitrogens with zero attached hydrogens (tertiary/aromatic N) is 2. The molecule has 0 aliphatic rings. The van der Waals surface area contributed by atoms with E-state index in [2.05, 4.69) is 0 Å². The van der Waals surface area contributed by atoms with Gasteiger partial charge in [-0.25, -0.2) is 13.2 Å². The molecule has 5 rings (SSSR count). The van der Waals surface area contributed by atoms with Crippen LogP contribution in [0, 0.1) is 17.5 Å². The summed E-state index contributed by atoms with van der Waals surface area (Å²) in [6, 6.07) is 21.2. The fourth-order valence-corrected chi connectivity index (χ4v) is 4.59. The number of methoxy groups -OCH3 is 1. The Labute approximate surface area is 233 Å². The Morgan fingerprint density at radius 1 is 0.902 bits per heavy atom. The second-order valence-electron chi connectivity index (χ2n) is 9.19. The van der Waals surface area contributed by atoms with Crippen LogP contribution in [0.4, 0.5) is 18.9 Å². The zero-order valence-corrected chi connectivity index (χ0v) is 22.2. The molecule has 0 saturated heterocycles. The van der Waals surface area contributed by atoms with Gasteiger partial charge in [0.05, 0.1) is 12.6 Å². The van der Waals surface area contributed by atoms with E-state index in [9.17, 15) is 22.8 Å². The number of pyridine rings is 1. The highest BCUT2D eigenvalue weighted by Gasteiger charge is 2.23. The Hall–Kier alpha value is -5.05. The Kier molecular flexibility index (Phi) is 7.78. The van der Waals surface area contributed by atoms with Crippen LogP contribution in [0.15, 0.2) is 95.9 Å². The number of aromatic nitrogens is 1. The minimum atomic E-state index is -0.862. The predicted molar refractivity (Wildman–Crippen MR) is 151 cm³/mol. The zero-order chi connectivity index (χ0) is 29.1. The summed E-state index contributed by atoms with van der Waals surface area (Å²) in [5, 5.41) is 0.167. The van der Waals surface area contributed by atoms with Gasteiger partial charge in [0, 0.05) is 47.7 Å². The first-order chi connectivity index (χ1) is 19.8. The van der Waals surface area contributed by atoms with Gasteiger partial charge in [-0.05, 0) is 48.9 Å². The van der Waals surface area contributed by atoms with E-state index in [4.69, 9.17) is 9.47 Å². The lowest BCUT2D eigenvalue weighted by Crippen LogP contribution is -2.35. The van der Waals surface area contributed by atoms with E-state index in [0.717, 1.165) is 22.6 Å². The van der Waals surface area contributed by atoms with Crippen LogP contribution in [0.3, 0.4) is 0 Å². The van der Waals surface area contributed by atoms with Crippen LogP contribution in [0.25, 0.3) is 16.6 Å². The van der Waals surface area contributed by atoms with Crippen LogP contribution < -0.4 is 19.8 Å². The molecule has 4 aromatic carbocycles. The van der Waals surface area contributed by atoms with Crippen LogP contribution in [0.2, 0.25) is 0 Å². The first-order valence-corrected chi connectivity index (χ1v) is 12.8. The SMILES string of the molecule is CCN(C(=O)c1cn(-c2ccc(OC)c(F)c2)c2cc(OCc3ccccc3)ccc2c1=O)c1cc(F)cc(F)c1. The second-order valence-corrected chi connectivity index (χ2v) is 9.19. The molecule has 0 fully saturated rings. The molecule has 0 N–H and O–H groups in total. The number of benzene rings is 4. The van der Waals surface area contributed by atoms with Crippen molar-refractivity contribution in [2.75, 3.05) is 18.6 Å². The van der Waals surface area contributed by atoms with Crippen molar-refractivity contribution in [3.63, 3.8) is 0 Å². The minimum absolute atomic E-state index is 0.0209. The number of hydrogen-bond acceptors (Lipinski definition) is 4. The van der Waals surface area contributed by atoms with Gasteiger partial charge in [-0.1, -0.05) is 30.3 Å². The summed E-state index contributed by atoms with van der Waals surface area (Å²) in [4.78, 5) is 28.4. The van der Waals surface area contributed by atoms with Crippen LogP contribution >= 0.6 is 0 Å². The van der Waals surface area contributed by atoms with Crippen molar-refractivity contribution < 1.29 is 27.4 Å². The lowest BCUT2D eigenvalue weighted by molar-refractivity contribution is 0.0987. The van der Waals surface area contributed by atoms with Gasteiger partial charge < -0.3 is 18.9 Å². The van der Waals surface area contributed by atoms with E-state index in [1.165, 1.54) is 36.1 Å². The molecule has 1 aromatic heterocycles. The molecule has 9 heteroatoms. The van der Waals surface area contributed by atoms with E-state index in [1.54, 1.807) is 25.1 Å². The van der Waals surface area contributed by atoms with Gasteiger partial charge in [-0.15, -0.1) is 0 Å². The summed E-state index contributed by atoms with van der Waals surface area (Å²) in [5.41, 5.74) is 0.708. The zero-order valence-electron chi connectivity index (χ0n) is 22.2. The molecule has 0 unspecified atom stereocenters. The fourth-order valence-electron chi connectivity index (χ4n) is 4.59. The predicted octanol–water partition coefficient (Wildman–Crippen LogP) is 6.66. The average Bonchev–Trinajstić information content (AvgIpc) is 2.96. The van der Waals surface area contributed by atoms with Crippen LogP contribution in [0.1, 0.15) is 22.8 Å². The molecule has 0 saturated carbocycles. The molecular weight excluding hydrogens is 533 g/mol. The number of anilines is 1. The highest BCUT2D eigenvalue weighted by atomic mass is 19.1. The highest BCUT2D eigenvalue weighted by Crippen LogP contribution is 2.27.